The zero-order valence-electron chi connectivity index (χ0n) is 8.72. The number of H-pyrrole nitrogens is 1. The molecule has 1 aromatic carbocycles. The first-order valence-electron chi connectivity index (χ1n) is 5.07. The summed E-state index contributed by atoms with van der Waals surface area (Å²) in [7, 11) is 0. The van der Waals surface area contributed by atoms with E-state index >= 15 is 0 Å². The molecule has 0 unspecified atom stereocenters. The predicted molar refractivity (Wildman–Crippen MR) is 74.0 cm³/mol. The van der Waals surface area contributed by atoms with Crippen LogP contribution in [-0.4, -0.2) is 14.6 Å². The van der Waals surface area contributed by atoms with E-state index in [0.717, 1.165) is 9.13 Å². The second-order valence-electron chi connectivity index (χ2n) is 3.65. The molecule has 0 aliphatic heterocycles. The monoisotopic (exact) mass is 337 g/mol. The highest BCUT2D eigenvalue weighted by atomic mass is 127. The fourth-order valence-electron chi connectivity index (χ4n) is 1.72. The van der Waals surface area contributed by atoms with Crippen LogP contribution in [0.5, 0.6) is 0 Å². The van der Waals surface area contributed by atoms with Gasteiger partial charge in [0.25, 0.3) is 5.56 Å². The van der Waals surface area contributed by atoms with Crippen LogP contribution < -0.4 is 5.56 Å². The smallest absolute Gasteiger partial charge is 0.273 e. The summed E-state index contributed by atoms with van der Waals surface area (Å²) in [5, 5.41) is 2.82. The van der Waals surface area contributed by atoms with Gasteiger partial charge in [-0.1, -0.05) is 12.1 Å². The highest BCUT2D eigenvalue weighted by Crippen LogP contribution is 2.18. The van der Waals surface area contributed by atoms with Gasteiger partial charge in [-0.25, -0.2) is 9.50 Å². The first kappa shape index (κ1) is 10.5. The molecule has 3 aromatic rings. The van der Waals surface area contributed by atoms with Crippen molar-refractivity contribution in [1.29, 1.82) is 0 Å². The van der Waals surface area contributed by atoms with E-state index < -0.39 is 0 Å². The molecular weight excluding hydrogens is 329 g/mol. The van der Waals surface area contributed by atoms with Crippen molar-refractivity contribution in [2.75, 3.05) is 0 Å². The Morgan fingerprint density at radius 3 is 2.94 bits per heavy atom. The van der Waals surface area contributed by atoms with Gasteiger partial charge in [-0.2, -0.15) is 0 Å². The summed E-state index contributed by atoms with van der Waals surface area (Å²) in [6, 6.07) is 11.2. The van der Waals surface area contributed by atoms with E-state index in [-0.39, 0.29) is 5.56 Å². The van der Waals surface area contributed by atoms with Crippen molar-refractivity contribution in [3.8, 4) is 11.3 Å². The minimum Gasteiger partial charge on any atom is -0.297 e. The average Bonchev–Trinajstić information content (AvgIpc) is 2.77. The van der Waals surface area contributed by atoms with E-state index in [1.165, 1.54) is 10.6 Å². The summed E-state index contributed by atoms with van der Waals surface area (Å²) in [6.07, 6.45) is 1.70. The van der Waals surface area contributed by atoms with Crippen LogP contribution in [0.2, 0.25) is 0 Å². The maximum absolute atomic E-state index is 11.8. The molecule has 0 atom stereocenters. The van der Waals surface area contributed by atoms with E-state index in [1.54, 1.807) is 12.3 Å². The molecule has 17 heavy (non-hydrogen) atoms. The summed E-state index contributed by atoms with van der Waals surface area (Å²) in [4.78, 5) is 16.2. The molecular formula is C12H8IN3O. The zero-order valence-corrected chi connectivity index (χ0v) is 10.9. The number of rotatable bonds is 1. The molecule has 0 saturated carbocycles. The van der Waals surface area contributed by atoms with Crippen LogP contribution in [0.3, 0.4) is 0 Å². The first-order chi connectivity index (χ1) is 8.24. The number of benzene rings is 1. The van der Waals surface area contributed by atoms with E-state index in [1.807, 2.05) is 24.3 Å². The summed E-state index contributed by atoms with van der Waals surface area (Å²) in [5.41, 5.74) is 2.19. The van der Waals surface area contributed by atoms with E-state index in [2.05, 4.69) is 32.7 Å². The number of aromatic nitrogens is 3. The van der Waals surface area contributed by atoms with Gasteiger partial charge in [0.1, 0.15) is 0 Å². The van der Waals surface area contributed by atoms with Gasteiger partial charge in [0, 0.05) is 27.5 Å². The van der Waals surface area contributed by atoms with Crippen molar-refractivity contribution >= 4 is 28.2 Å². The lowest BCUT2D eigenvalue weighted by Gasteiger charge is -2.01. The number of halogens is 1. The van der Waals surface area contributed by atoms with Gasteiger partial charge in [0.15, 0.2) is 5.65 Å². The molecule has 5 heteroatoms. The Bertz CT molecular complexity index is 745. The van der Waals surface area contributed by atoms with Crippen molar-refractivity contribution in [2.24, 2.45) is 0 Å². The number of hydrogen-bond acceptors (Lipinski definition) is 2. The maximum atomic E-state index is 11.8. The minimum atomic E-state index is -0.103. The predicted octanol–water partition coefficient (Wildman–Crippen LogP) is 2.29. The van der Waals surface area contributed by atoms with Crippen molar-refractivity contribution in [3.05, 3.63) is 56.5 Å². The van der Waals surface area contributed by atoms with Gasteiger partial charge in [-0.15, -0.1) is 0 Å². The Labute approximate surface area is 110 Å². The van der Waals surface area contributed by atoms with Gasteiger partial charge in [-0.05, 0) is 34.7 Å². The Hall–Kier alpha value is -1.63. The second-order valence-corrected chi connectivity index (χ2v) is 4.89. The van der Waals surface area contributed by atoms with Gasteiger partial charge < -0.3 is 0 Å². The molecule has 0 aliphatic carbocycles. The van der Waals surface area contributed by atoms with Crippen LogP contribution in [0.15, 0.2) is 47.4 Å². The molecule has 4 nitrogen and oxygen atoms in total. The third kappa shape index (κ3) is 1.86. The Kier molecular flexibility index (Phi) is 2.47. The molecule has 2 heterocycles. The summed E-state index contributed by atoms with van der Waals surface area (Å²) < 4.78 is 2.54. The number of nitrogens with zero attached hydrogens (tertiary/aromatic N) is 2. The molecule has 0 bridgehead atoms. The van der Waals surface area contributed by atoms with Crippen molar-refractivity contribution in [2.45, 2.75) is 0 Å². The standard InChI is InChI=1S/C12H8IN3O/c13-9-3-1-2-8(6-9)10-7-12(17)16-11(15-10)4-5-14-16/h1-7,14H. The van der Waals surface area contributed by atoms with Gasteiger partial charge >= 0.3 is 0 Å². The van der Waals surface area contributed by atoms with Crippen LogP contribution >= 0.6 is 22.6 Å². The lowest BCUT2D eigenvalue weighted by Crippen LogP contribution is -2.13. The van der Waals surface area contributed by atoms with E-state index in [0.29, 0.717) is 11.3 Å². The molecule has 0 aliphatic rings. The second kappa shape index (κ2) is 3.99. The van der Waals surface area contributed by atoms with E-state index in [4.69, 9.17) is 0 Å². The molecule has 2 aromatic heterocycles. The lowest BCUT2D eigenvalue weighted by molar-refractivity contribution is 0.901. The molecule has 0 amide bonds. The van der Waals surface area contributed by atoms with Crippen LogP contribution in [0.25, 0.3) is 16.9 Å². The Morgan fingerprint density at radius 1 is 1.24 bits per heavy atom. The molecule has 84 valence electrons. The third-order valence-electron chi connectivity index (χ3n) is 2.50. The summed E-state index contributed by atoms with van der Waals surface area (Å²) in [5.74, 6) is 0. The molecule has 0 spiro atoms. The number of fused-ring (bicyclic) bond motifs is 1. The molecule has 0 radical (unpaired) electrons. The normalized spacial score (nSPS) is 10.9. The molecule has 3 rings (SSSR count). The van der Waals surface area contributed by atoms with Crippen LogP contribution in [0.1, 0.15) is 0 Å². The topological polar surface area (TPSA) is 50.2 Å². The van der Waals surface area contributed by atoms with E-state index in [9.17, 15) is 4.79 Å². The van der Waals surface area contributed by atoms with Crippen LogP contribution in [0.4, 0.5) is 0 Å². The van der Waals surface area contributed by atoms with Crippen molar-refractivity contribution in [1.82, 2.24) is 14.6 Å². The zero-order chi connectivity index (χ0) is 11.8. The van der Waals surface area contributed by atoms with Crippen LogP contribution in [0, 0.1) is 3.57 Å². The maximum Gasteiger partial charge on any atom is 0.273 e. The largest absolute Gasteiger partial charge is 0.297 e. The Morgan fingerprint density at radius 2 is 2.12 bits per heavy atom. The fourth-order valence-corrected chi connectivity index (χ4v) is 2.27. The quantitative estimate of drug-likeness (QED) is 0.693. The fraction of sp³-hybridized carbons (Fsp3) is 0. The average molecular weight is 337 g/mol. The number of aromatic amines is 1. The van der Waals surface area contributed by atoms with Gasteiger partial charge in [-0.3, -0.25) is 9.89 Å². The van der Waals surface area contributed by atoms with Crippen molar-refractivity contribution < 1.29 is 0 Å². The van der Waals surface area contributed by atoms with Crippen molar-refractivity contribution in [3.63, 3.8) is 0 Å². The number of nitrogens with one attached hydrogen (secondary N) is 1. The first-order valence-corrected chi connectivity index (χ1v) is 6.15. The molecule has 1 N–H and O–H groups in total. The van der Waals surface area contributed by atoms with Gasteiger partial charge in [0.2, 0.25) is 0 Å². The lowest BCUT2D eigenvalue weighted by atomic mass is 10.1. The Balaban J connectivity index is 2.27. The highest BCUT2D eigenvalue weighted by molar-refractivity contribution is 14.1. The number of hydrogen-bond donors (Lipinski definition) is 1. The molecule has 0 saturated heterocycles. The third-order valence-corrected chi connectivity index (χ3v) is 3.17. The molecule has 0 fully saturated rings. The summed E-state index contributed by atoms with van der Waals surface area (Å²) >= 11 is 2.24. The minimum absolute atomic E-state index is 0.103. The highest BCUT2D eigenvalue weighted by Gasteiger charge is 2.05. The van der Waals surface area contributed by atoms with Crippen LogP contribution in [-0.2, 0) is 0 Å². The SMILES string of the molecule is O=c1cc(-c2cccc(I)c2)nc2cc[nH]n12. The van der Waals surface area contributed by atoms with Gasteiger partial charge in [0.05, 0.1) is 5.69 Å². The summed E-state index contributed by atoms with van der Waals surface area (Å²) in [6.45, 7) is 0.